The van der Waals surface area contributed by atoms with Gasteiger partial charge in [-0.2, -0.15) is 0 Å². The lowest BCUT2D eigenvalue weighted by molar-refractivity contribution is -0.137. The van der Waals surface area contributed by atoms with Crippen LogP contribution in [0.15, 0.2) is 18.2 Å². The second kappa shape index (κ2) is 6.57. The number of nitrogens with zero attached hydrogens (tertiary/aromatic N) is 1. The number of carbonyl (C=O) groups is 2. The molecule has 1 N–H and O–H groups in total. The van der Waals surface area contributed by atoms with E-state index in [-0.39, 0.29) is 18.4 Å². The third kappa shape index (κ3) is 4.91. The highest BCUT2D eigenvalue weighted by molar-refractivity contribution is 6.31. The number of rotatable bonds is 5. The lowest BCUT2D eigenvalue weighted by Crippen LogP contribution is -2.38. The molecule has 0 saturated heterocycles. The van der Waals surface area contributed by atoms with Crippen molar-refractivity contribution in [1.29, 1.82) is 0 Å². The summed E-state index contributed by atoms with van der Waals surface area (Å²) in [5.74, 6) is -1.13. The van der Waals surface area contributed by atoms with Crippen molar-refractivity contribution in [3.05, 3.63) is 34.3 Å². The third-order valence-electron chi connectivity index (χ3n) is 2.49. The molecule has 104 valence electrons. The van der Waals surface area contributed by atoms with Gasteiger partial charge in [-0.15, -0.1) is 0 Å². The number of amides is 1. The molecule has 19 heavy (non-hydrogen) atoms. The summed E-state index contributed by atoms with van der Waals surface area (Å²) in [6.07, 6.45) is 0. The minimum absolute atomic E-state index is 0.198. The number of aliphatic carboxylic acids is 1. The molecule has 0 spiro atoms. The topological polar surface area (TPSA) is 57.6 Å². The van der Waals surface area contributed by atoms with Crippen LogP contribution < -0.4 is 0 Å². The maximum atomic E-state index is 12.3. The Hall–Kier alpha value is -1.55. The predicted octanol–water partition coefficient (Wildman–Crippen LogP) is 2.83. The van der Waals surface area contributed by atoms with Gasteiger partial charge in [0.15, 0.2) is 0 Å². The fraction of sp³-hybridized carbons (Fsp3) is 0.429. The Labute approximate surface area is 118 Å². The first-order valence-corrected chi connectivity index (χ1v) is 6.45. The van der Waals surface area contributed by atoms with E-state index in [0.29, 0.717) is 17.1 Å². The number of hydrogen-bond donors (Lipinski definition) is 1. The summed E-state index contributed by atoms with van der Waals surface area (Å²) in [7, 11) is 0. The third-order valence-corrected chi connectivity index (χ3v) is 2.71. The highest BCUT2D eigenvalue weighted by Crippen LogP contribution is 2.16. The highest BCUT2D eigenvalue weighted by atomic mass is 35.5. The Morgan fingerprint density at radius 3 is 2.42 bits per heavy atom. The Morgan fingerprint density at radius 1 is 1.32 bits per heavy atom. The Morgan fingerprint density at radius 2 is 1.95 bits per heavy atom. The highest BCUT2D eigenvalue weighted by Gasteiger charge is 2.20. The first kappa shape index (κ1) is 15.5. The second-order valence-corrected chi connectivity index (χ2v) is 5.43. The van der Waals surface area contributed by atoms with Gasteiger partial charge in [0.2, 0.25) is 0 Å². The van der Waals surface area contributed by atoms with Crippen LogP contribution in [0.5, 0.6) is 0 Å². The van der Waals surface area contributed by atoms with Crippen LogP contribution >= 0.6 is 11.6 Å². The van der Waals surface area contributed by atoms with Crippen LogP contribution in [0.25, 0.3) is 0 Å². The number of carboxylic acid groups (broad SMARTS) is 1. The van der Waals surface area contributed by atoms with Gasteiger partial charge in [0.05, 0.1) is 0 Å². The first-order valence-electron chi connectivity index (χ1n) is 6.08. The van der Waals surface area contributed by atoms with Crippen LogP contribution in [-0.2, 0) is 4.79 Å². The zero-order valence-corrected chi connectivity index (χ0v) is 12.1. The van der Waals surface area contributed by atoms with E-state index in [9.17, 15) is 9.59 Å². The van der Waals surface area contributed by atoms with Gasteiger partial charge in [0.25, 0.3) is 5.91 Å². The van der Waals surface area contributed by atoms with Gasteiger partial charge < -0.3 is 10.0 Å². The van der Waals surface area contributed by atoms with Crippen LogP contribution in [0.4, 0.5) is 0 Å². The number of carboxylic acids is 1. The fourth-order valence-electron chi connectivity index (χ4n) is 1.87. The molecule has 0 aliphatic rings. The van der Waals surface area contributed by atoms with Crippen molar-refractivity contribution in [3.8, 4) is 0 Å². The molecule has 1 amide bonds. The van der Waals surface area contributed by atoms with Crippen molar-refractivity contribution in [2.24, 2.45) is 5.92 Å². The molecule has 1 aromatic carbocycles. The molecular weight excluding hydrogens is 266 g/mol. The first-order chi connectivity index (χ1) is 8.79. The molecule has 0 heterocycles. The smallest absolute Gasteiger partial charge is 0.323 e. The van der Waals surface area contributed by atoms with E-state index in [2.05, 4.69) is 0 Å². The van der Waals surface area contributed by atoms with Gasteiger partial charge in [-0.1, -0.05) is 25.4 Å². The standard InChI is InChI=1S/C14H18ClNO3/c1-9(2)7-16(8-13(17)18)14(19)11-4-10(3)5-12(15)6-11/h4-6,9H,7-8H2,1-3H3,(H,17,18). The molecule has 0 fully saturated rings. The summed E-state index contributed by atoms with van der Waals surface area (Å²) in [6.45, 7) is 5.81. The van der Waals surface area contributed by atoms with Gasteiger partial charge in [-0.25, -0.2) is 0 Å². The number of benzene rings is 1. The van der Waals surface area contributed by atoms with Crippen molar-refractivity contribution in [3.63, 3.8) is 0 Å². The van der Waals surface area contributed by atoms with E-state index >= 15 is 0 Å². The Kier molecular flexibility index (Phi) is 5.36. The van der Waals surface area contributed by atoms with Crippen LogP contribution in [0.2, 0.25) is 5.02 Å². The molecule has 4 nitrogen and oxygen atoms in total. The summed E-state index contributed by atoms with van der Waals surface area (Å²) in [4.78, 5) is 24.5. The lowest BCUT2D eigenvalue weighted by Gasteiger charge is -2.23. The van der Waals surface area contributed by atoms with Crippen molar-refractivity contribution < 1.29 is 14.7 Å². The van der Waals surface area contributed by atoms with Gasteiger partial charge in [0, 0.05) is 17.1 Å². The number of aryl methyl sites for hydroxylation is 1. The predicted molar refractivity (Wildman–Crippen MR) is 74.6 cm³/mol. The molecule has 0 aliphatic heterocycles. The SMILES string of the molecule is Cc1cc(Cl)cc(C(=O)N(CC(=O)O)CC(C)C)c1. The quantitative estimate of drug-likeness (QED) is 0.904. The Bertz CT molecular complexity index is 465. The number of carbonyl (C=O) groups excluding carboxylic acids is 1. The minimum Gasteiger partial charge on any atom is -0.480 e. The van der Waals surface area contributed by atoms with Crippen LogP contribution in [0.1, 0.15) is 29.8 Å². The van der Waals surface area contributed by atoms with Gasteiger partial charge in [-0.05, 0) is 36.6 Å². The molecule has 0 bridgehead atoms. The van der Waals surface area contributed by atoms with E-state index in [0.717, 1.165) is 5.56 Å². The average Bonchev–Trinajstić information content (AvgIpc) is 2.24. The lowest BCUT2D eigenvalue weighted by atomic mass is 10.1. The normalized spacial score (nSPS) is 10.6. The van der Waals surface area contributed by atoms with Crippen LogP contribution in [0, 0.1) is 12.8 Å². The maximum Gasteiger partial charge on any atom is 0.323 e. The molecule has 0 unspecified atom stereocenters. The van der Waals surface area contributed by atoms with Crippen molar-refractivity contribution in [2.45, 2.75) is 20.8 Å². The van der Waals surface area contributed by atoms with E-state index < -0.39 is 5.97 Å². The van der Waals surface area contributed by atoms with Gasteiger partial charge in [-0.3, -0.25) is 9.59 Å². The van der Waals surface area contributed by atoms with E-state index in [4.69, 9.17) is 16.7 Å². The van der Waals surface area contributed by atoms with Crippen molar-refractivity contribution >= 4 is 23.5 Å². The maximum absolute atomic E-state index is 12.3. The number of halogens is 1. The summed E-state index contributed by atoms with van der Waals surface area (Å²) in [5.41, 5.74) is 1.29. The van der Waals surface area contributed by atoms with Crippen molar-refractivity contribution in [1.82, 2.24) is 4.90 Å². The average molecular weight is 284 g/mol. The van der Waals surface area contributed by atoms with E-state index in [1.165, 1.54) is 4.90 Å². The Balaban J connectivity index is 3.00. The van der Waals surface area contributed by atoms with E-state index in [1.54, 1.807) is 18.2 Å². The molecule has 0 saturated carbocycles. The monoisotopic (exact) mass is 283 g/mol. The number of hydrogen-bond acceptors (Lipinski definition) is 2. The van der Waals surface area contributed by atoms with Gasteiger partial charge >= 0.3 is 5.97 Å². The molecule has 0 aromatic heterocycles. The molecule has 5 heteroatoms. The summed E-state index contributed by atoms with van der Waals surface area (Å²) in [5, 5.41) is 9.36. The van der Waals surface area contributed by atoms with Crippen LogP contribution in [0.3, 0.4) is 0 Å². The van der Waals surface area contributed by atoms with E-state index in [1.807, 2.05) is 20.8 Å². The minimum atomic E-state index is -1.02. The van der Waals surface area contributed by atoms with Crippen molar-refractivity contribution in [2.75, 3.05) is 13.1 Å². The molecule has 1 aromatic rings. The molecular formula is C14H18ClNO3. The summed E-state index contributed by atoms with van der Waals surface area (Å²) >= 11 is 5.92. The largest absolute Gasteiger partial charge is 0.480 e. The second-order valence-electron chi connectivity index (χ2n) is 4.99. The van der Waals surface area contributed by atoms with Crippen LogP contribution in [-0.4, -0.2) is 35.0 Å². The summed E-state index contributed by atoms with van der Waals surface area (Å²) in [6, 6.07) is 5.03. The zero-order chi connectivity index (χ0) is 14.6. The zero-order valence-electron chi connectivity index (χ0n) is 11.3. The molecule has 0 atom stereocenters. The molecule has 1 rings (SSSR count). The fourth-order valence-corrected chi connectivity index (χ4v) is 2.16. The molecule has 0 aliphatic carbocycles. The molecule has 0 radical (unpaired) electrons. The van der Waals surface area contributed by atoms with Gasteiger partial charge in [0.1, 0.15) is 6.54 Å². The summed E-state index contributed by atoms with van der Waals surface area (Å²) < 4.78 is 0.